The summed E-state index contributed by atoms with van der Waals surface area (Å²) in [6.45, 7) is 5.60. The van der Waals surface area contributed by atoms with Crippen molar-refractivity contribution in [1.82, 2.24) is 4.90 Å². The van der Waals surface area contributed by atoms with E-state index in [2.05, 4.69) is 18.7 Å². The van der Waals surface area contributed by atoms with Crippen LogP contribution in [0.3, 0.4) is 0 Å². The number of aliphatic carboxylic acids is 1. The number of hydrogen-bond acceptors (Lipinski definition) is 2. The van der Waals surface area contributed by atoms with E-state index in [0.717, 1.165) is 25.8 Å². The molecule has 0 spiro atoms. The third kappa shape index (κ3) is 2.24. The Kier molecular flexibility index (Phi) is 3.53. The van der Waals surface area contributed by atoms with Gasteiger partial charge in [-0.25, -0.2) is 0 Å². The highest BCUT2D eigenvalue weighted by atomic mass is 16.4. The molecule has 0 aromatic heterocycles. The first-order chi connectivity index (χ1) is 7.59. The average molecular weight is 225 g/mol. The molecule has 0 aromatic carbocycles. The summed E-state index contributed by atoms with van der Waals surface area (Å²) < 4.78 is 0. The second-order valence-electron chi connectivity index (χ2n) is 5.66. The van der Waals surface area contributed by atoms with Gasteiger partial charge in [-0.2, -0.15) is 0 Å². The Hall–Kier alpha value is -0.570. The zero-order valence-corrected chi connectivity index (χ0v) is 10.4. The average Bonchev–Trinajstić information content (AvgIpc) is 2.63. The van der Waals surface area contributed by atoms with E-state index in [9.17, 15) is 9.90 Å². The highest BCUT2D eigenvalue weighted by Crippen LogP contribution is 2.35. The van der Waals surface area contributed by atoms with Crippen LogP contribution in [-0.2, 0) is 4.79 Å². The SMILES string of the molecule is CC1CCC(C(=O)O)C(N2CCCC2C)C1. The smallest absolute Gasteiger partial charge is 0.308 e. The number of hydrogen-bond donors (Lipinski definition) is 1. The predicted molar refractivity (Wildman–Crippen MR) is 63.3 cm³/mol. The standard InChI is InChI=1S/C13H23NO2/c1-9-5-6-11(13(15)16)12(8-9)14-7-3-4-10(14)2/h9-12H,3-8H2,1-2H3,(H,15,16). The van der Waals surface area contributed by atoms with Crippen molar-refractivity contribution in [2.24, 2.45) is 11.8 Å². The summed E-state index contributed by atoms with van der Waals surface area (Å²) in [4.78, 5) is 13.8. The van der Waals surface area contributed by atoms with Crippen molar-refractivity contribution in [2.45, 2.75) is 58.0 Å². The molecule has 92 valence electrons. The predicted octanol–water partition coefficient (Wildman–Crippen LogP) is 2.36. The van der Waals surface area contributed by atoms with Crippen molar-refractivity contribution >= 4 is 5.97 Å². The third-order valence-corrected chi connectivity index (χ3v) is 4.43. The number of carboxylic acids is 1. The summed E-state index contributed by atoms with van der Waals surface area (Å²) in [6, 6.07) is 0.871. The molecule has 1 saturated heterocycles. The van der Waals surface area contributed by atoms with Crippen LogP contribution in [-0.4, -0.2) is 34.6 Å². The Morgan fingerprint density at radius 3 is 2.56 bits per heavy atom. The van der Waals surface area contributed by atoms with Crippen LogP contribution in [0.25, 0.3) is 0 Å². The lowest BCUT2D eigenvalue weighted by Gasteiger charge is -2.40. The van der Waals surface area contributed by atoms with Gasteiger partial charge in [0.25, 0.3) is 0 Å². The van der Waals surface area contributed by atoms with Crippen LogP contribution in [0.5, 0.6) is 0 Å². The maximum absolute atomic E-state index is 11.3. The molecule has 4 unspecified atom stereocenters. The summed E-state index contributed by atoms with van der Waals surface area (Å²) in [7, 11) is 0. The van der Waals surface area contributed by atoms with E-state index in [-0.39, 0.29) is 5.92 Å². The molecule has 0 bridgehead atoms. The van der Waals surface area contributed by atoms with Crippen molar-refractivity contribution in [1.29, 1.82) is 0 Å². The van der Waals surface area contributed by atoms with Crippen LogP contribution in [0.1, 0.15) is 46.0 Å². The molecule has 4 atom stereocenters. The van der Waals surface area contributed by atoms with E-state index < -0.39 is 5.97 Å². The minimum absolute atomic E-state index is 0.128. The molecule has 2 rings (SSSR count). The van der Waals surface area contributed by atoms with Crippen molar-refractivity contribution in [2.75, 3.05) is 6.54 Å². The number of carboxylic acid groups (broad SMARTS) is 1. The molecule has 3 heteroatoms. The molecule has 16 heavy (non-hydrogen) atoms. The van der Waals surface area contributed by atoms with E-state index in [1.807, 2.05) is 0 Å². The summed E-state index contributed by atoms with van der Waals surface area (Å²) in [5, 5.41) is 9.31. The fourth-order valence-electron chi connectivity index (χ4n) is 3.45. The first-order valence-electron chi connectivity index (χ1n) is 6.58. The molecule has 1 N–H and O–H groups in total. The van der Waals surface area contributed by atoms with Gasteiger partial charge in [0.2, 0.25) is 0 Å². The Morgan fingerprint density at radius 1 is 1.25 bits per heavy atom. The van der Waals surface area contributed by atoms with Crippen molar-refractivity contribution in [3.8, 4) is 0 Å². The van der Waals surface area contributed by atoms with Crippen LogP contribution in [0.4, 0.5) is 0 Å². The Morgan fingerprint density at radius 2 is 2.00 bits per heavy atom. The van der Waals surface area contributed by atoms with E-state index in [1.54, 1.807) is 0 Å². The van der Waals surface area contributed by atoms with Gasteiger partial charge in [-0.3, -0.25) is 9.69 Å². The van der Waals surface area contributed by atoms with Gasteiger partial charge in [0.05, 0.1) is 5.92 Å². The summed E-state index contributed by atoms with van der Waals surface area (Å²) in [6.07, 6.45) is 5.48. The Labute approximate surface area is 97.8 Å². The zero-order chi connectivity index (χ0) is 11.7. The molecular formula is C13H23NO2. The lowest BCUT2D eigenvalue weighted by Crippen LogP contribution is -2.48. The minimum Gasteiger partial charge on any atom is -0.481 e. The largest absolute Gasteiger partial charge is 0.481 e. The van der Waals surface area contributed by atoms with Gasteiger partial charge in [0.1, 0.15) is 0 Å². The fraction of sp³-hybridized carbons (Fsp3) is 0.923. The molecule has 1 aliphatic heterocycles. The first kappa shape index (κ1) is 11.9. The highest BCUT2D eigenvalue weighted by Gasteiger charge is 2.39. The molecule has 1 aliphatic carbocycles. The zero-order valence-electron chi connectivity index (χ0n) is 10.4. The lowest BCUT2D eigenvalue weighted by molar-refractivity contribution is -0.146. The Balaban J connectivity index is 2.10. The van der Waals surface area contributed by atoms with Gasteiger partial charge >= 0.3 is 5.97 Å². The number of nitrogens with zero attached hydrogens (tertiary/aromatic N) is 1. The molecular weight excluding hydrogens is 202 g/mol. The molecule has 0 amide bonds. The molecule has 3 nitrogen and oxygen atoms in total. The maximum Gasteiger partial charge on any atom is 0.308 e. The Bertz CT molecular complexity index is 267. The first-order valence-corrected chi connectivity index (χ1v) is 6.58. The quantitative estimate of drug-likeness (QED) is 0.784. The van der Waals surface area contributed by atoms with E-state index in [4.69, 9.17) is 0 Å². The van der Waals surface area contributed by atoms with Gasteiger partial charge in [-0.1, -0.05) is 6.92 Å². The van der Waals surface area contributed by atoms with Crippen LogP contribution < -0.4 is 0 Å². The normalized spacial score (nSPS) is 41.1. The summed E-state index contributed by atoms with van der Waals surface area (Å²) in [5.74, 6) is -0.0267. The molecule has 1 saturated carbocycles. The number of carbonyl (C=O) groups is 1. The third-order valence-electron chi connectivity index (χ3n) is 4.43. The van der Waals surface area contributed by atoms with Crippen LogP contribution in [0, 0.1) is 11.8 Å². The topological polar surface area (TPSA) is 40.5 Å². The van der Waals surface area contributed by atoms with E-state index in [1.165, 1.54) is 12.8 Å². The molecule has 0 radical (unpaired) electrons. The van der Waals surface area contributed by atoms with Crippen LogP contribution >= 0.6 is 0 Å². The van der Waals surface area contributed by atoms with Gasteiger partial charge in [0.15, 0.2) is 0 Å². The maximum atomic E-state index is 11.3. The van der Waals surface area contributed by atoms with Gasteiger partial charge in [0, 0.05) is 12.1 Å². The fourth-order valence-corrected chi connectivity index (χ4v) is 3.45. The summed E-state index contributed by atoms with van der Waals surface area (Å²) in [5.41, 5.74) is 0. The monoisotopic (exact) mass is 225 g/mol. The van der Waals surface area contributed by atoms with Crippen LogP contribution in [0.15, 0.2) is 0 Å². The molecule has 1 heterocycles. The van der Waals surface area contributed by atoms with E-state index >= 15 is 0 Å². The second-order valence-corrected chi connectivity index (χ2v) is 5.66. The van der Waals surface area contributed by atoms with E-state index in [0.29, 0.717) is 18.0 Å². The van der Waals surface area contributed by atoms with Crippen LogP contribution in [0.2, 0.25) is 0 Å². The van der Waals surface area contributed by atoms with Gasteiger partial charge in [-0.15, -0.1) is 0 Å². The number of rotatable bonds is 2. The van der Waals surface area contributed by atoms with Crippen molar-refractivity contribution in [3.63, 3.8) is 0 Å². The summed E-state index contributed by atoms with van der Waals surface area (Å²) >= 11 is 0. The lowest BCUT2D eigenvalue weighted by atomic mass is 9.78. The molecule has 0 aromatic rings. The van der Waals surface area contributed by atoms with Gasteiger partial charge in [-0.05, 0) is 51.5 Å². The second kappa shape index (κ2) is 4.74. The molecule has 2 aliphatic rings. The van der Waals surface area contributed by atoms with Gasteiger partial charge < -0.3 is 5.11 Å². The van der Waals surface area contributed by atoms with Crippen molar-refractivity contribution < 1.29 is 9.90 Å². The number of likely N-dealkylation sites (tertiary alicyclic amines) is 1. The molecule has 2 fully saturated rings. The van der Waals surface area contributed by atoms with Crippen molar-refractivity contribution in [3.05, 3.63) is 0 Å². The highest BCUT2D eigenvalue weighted by molar-refractivity contribution is 5.71. The minimum atomic E-state index is -0.587.